The molecule has 116 valence electrons. The molecule has 0 aromatic heterocycles. The van der Waals surface area contributed by atoms with E-state index in [1.165, 1.54) is 7.05 Å². The molecule has 7 heteroatoms. The van der Waals surface area contributed by atoms with Crippen LogP contribution in [0.1, 0.15) is 0 Å². The number of carbonyl (C=O) groups is 1. The van der Waals surface area contributed by atoms with Gasteiger partial charge in [0.2, 0.25) is 15.9 Å². The second-order valence-corrected chi connectivity index (χ2v) is 6.67. The van der Waals surface area contributed by atoms with Crippen molar-refractivity contribution >= 4 is 21.6 Å². The van der Waals surface area contributed by atoms with Gasteiger partial charge in [0.05, 0.1) is 11.4 Å². The summed E-state index contributed by atoms with van der Waals surface area (Å²) < 4.78 is 38.3. The predicted molar refractivity (Wildman–Crippen MR) is 81.3 cm³/mol. The summed E-state index contributed by atoms with van der Waals surface area (Å²) in [5.74, 6) is -0.984. The fourth-order valence-corrected chi connectivity index (χ4v) is 2.92. The summed E-state index contributed by atoms with van der Waals surface area (Å²) in [5, 5.41) is 2.60. The molecule has 2 rings (SSSR count). The van der Waals surface area contributed by atoms with Crippen LogP contribution in [0.5, 0.6) is 0 Å². The molecule has 0 bridgehead atoms. The number of benzene rings is 2. The van der Waals surface area contributed by atoms with Crippen LogP contribution in [-0.2, 0) is 14.8 Å². The summed E-state index contributed by atoms with van der Waals surface area (Å²) in [6, 6.07) is 13.2. The highest BCUT2D eigenvalue weighted by molar-refractivity contribution is 7.89. The first-order valence-corrected chi connectivity index (χ1v) is 7.90. The van der Waals surface area contributed by atoms with Crippen LogP contribution >= 0.6 is 0 Å². The molecule has 0 radical (unpaired) electrons. The molecule has 0 heterocycles. The summed E-state index contributed by atoms with van der Waals surface area (Å²) in [5.41, 5.74) is 0.583. The summed E-state index contributed by atoms with van der Waals surface area (Å²) in [6.45, 7) is -0.339. The average Bonchev–Trinajstić information content (AvgIpc) is 2.48. The van der Waals surface area contributed by atoms with Gasteiger partial charge in [-0.2, -0.15) is 4.31 Å². The molecule has 5 nitrogen and oxygen atoms in total. The van der Waals surface area contributed by atoms with Crippen LogP contribution in [0.3, 0.4) is 0 Å². The quantitative estimate of drug-likeness (QED) is 0.916. The van der Waals surface area contributed by atoms with Crippen molar-refractivity contribution in [1.82, 2.24) is 4.31 Å². The van der Waals surface area contributed by atoms with Crippen LogP contribution in [0.4, 0.5) is 10.1 Å². The lowest BCUT2D eigenvalue weighted by Gasteiger charge is -2.16. The van der Waals surface area contributed by atoms with E-state index in [1.54, 1.807) is 30.3 Å². The Labute approximate surface area is 128 Å². The van der Waals surface area contributed by atoms with Gasteiger partial charge in [-0.05, 0) is 36.4 Å². The second kappa shape index (κ2) is 6.67. The first kappa shape index (κ1) is 16.1. The Balaban J connectivity index is 2.06. The van der Waals surface area contributed by atoms with Crippen LogP contribution in [0.15, 0.2) is 59.5 Å². The molecular weight excluding hydrogens is 307 g/mol. The van der Waals surface area contributed by atoms with Crippen molar-refractivity contribution < 1.29 is 17.6 Å². The molecule has 0 aliphatic rings. The summed E-state index contributed by atoms with van der Waals surface area (Å²) in [7, 11) is -2.54. The van der Waals surface area contributed by atoms with Crippen molar-refractivity contribution in [3.05, 3.63) is 60.4 Å². The highest BCUT2D eigenvalue weighted by atomic mass is 32.2. The van der Waals surface area contributed by atoms with Gasteiger partial charge in [-0.25, -0.2) is 12.8 Å². The van der Waals surface area contributed by atoms with Gasteiger partial charge < -0.3 is 5.32 Å². The Hall–Kier alpha value is -2.25. The van der Waals surface area contributed by atoms with Crippen molar-refractivity contribution in [1.29, 1.82) is 0 Å². The average molecular weight is 322 g/mol. The van der Waals surface area contributed by atoms with Gasteiger partial charge in [0, 0.05) is 12.7 Å². The largest absolute Gasteiger partial charge is 0.325 e. The van der Waals surface area contributed by atoms with E-state index in [4.69, 9.17) is 0 Å². The van der Waals surface area contributed by atoms with E-state index in [1.807, 2.05) is 0 Å². The first-order chi connectivity index (χ1) is 10.4. The smallest absolute Gasteiger partial charge is 0.243 e. The third-order valence-electron chi connectivity index (χ3n) is 2.95. The normalized spacial score (nSPS) is 11.4. The van der Waals surface area contributed by atoms with E-state index in [0.29, 0.717) is 5.69 Å². The number of halogens is 1. The van der Waals surface area contributed by atoms with Gasteiger partial charge in [0.15, 0.2) is 0 Å². The number of hydrogen-bond acceptors (Lipinski definition) is 3. The molecule has 0 aliphatic carbocycles. The lowest BCUT2D eigenvalue weighted by Crippen LogP contribution is -2.34. The molecule has 22 heavy (non-hydrogen) atoms. The zero-order chi connectivity index (χ0) is 16.2. The van der Waals surface area contributed by atoms with Crippen molar-refractivity contribution in [2.45, 2.75) is 4.90 Å². The monoisotopic (exact) mass is 322 g/mol. The minimum absolute atomic E-state index is 0.0658. The van der Waals surface area contributed by atoms with E-state index in [9.17, 15) is 17.6 Å². The van der Waals surface area contributed by atoms with Crippen LogP contribution in [0.2, 0.25) is 0 Å². The van der Waals surface area contributed by atoms with Crippen molar-refractivity contribution in [2.75, 3.05) is 18.9 Å². The topological polar surface area (TPSA) is 66.5 Å². The molecule has 0 fully saturated rings. The Bertz CT molecular complexity index is 746. The lowest BCUT2D eigenvalue weighted by molar-refractivity contribution is -0.116. The minimum Gasteiger partial charge on any atom is -0.325 e. The number of likely N-dealkylation sites (N-methyl/N-ethyl adjacent to an activating group) is 1. The maximum atomic E-state index is 12.9. The van der Waals surface area contributed by atoms with E-state index in [2.05, 4.69) is 5.32 Å². The van der Waals surface area contributed by atoms with E-state index < -0.39 is 21.7 Å². The fraction of sp³-hybridized carbons (Fsp3) is 0.133. The van der Waals surface area contributed by atoms with Crippen LogP contribution in [0, 0.1) is 5.82 Å². The SMILES string of the molecule is CN(CC(=O)Nc1ccccc1)S(=O)(=O)c1ccc(F)cc1. The zero-order valence-electron chi connectivity index (χ0n) is 11.9. The van der Waals surface area contributed by atoms with Crippen LogP contribution < -0.4 is 5.32 Å². The van der Waals surface area contributed by atoms with Gasteiger partial charge in [-0.1, -0.05) is 18.2 Å². The van der Waals surface area contributed by atoms with Crippen LogP contribution in [-0.4, -0.2) is 32.2 Å². The summed E-state index contributed by atoms with van der Waals surface area (Å²) in [4.78, 5) is 11.8. The van der Waals surface area contributed by atoms with Crippen molar-refractivity contribution in [2.24, 2.45) is 0 Å². The molecular formula is C15H15FN2O3S. The van der Waals surface area contributed by atoms with Gasteiger partial charge in [0.25, 0.3) is 0 Å². The molecule has 0 aliphatic heterocycles. The Kier molecular flexibility index (Phi) is 4.89. The fourth-order valence-electron chi connectivity index (χ4n) is 1.80. The van der Waals surface area contributed by atoms with Gasteiger partial charge in [-0.15, -0.1) is 0 Å². The van der Waals surface area contributed by atoms with Gasteiger partial charge in [0.1, 0.15) is 5.82 Å². The molecule has 0 atom stereocenters. The predicted octanol–water partition coefficient (Wildman–Crippen LogP) is 2.08. The molecule has 0 saturated carbocycles. The minimum atomic E-state index is -3.84. The van der Waals surface area contributed by atoms with E-state index in [-0.39, 0.29) is 11.4 Å². The molecule has 0 spiro atoms. The molecule has 0 saturated heterocycles. The number of carbonyl (C=O) groups excluding carboxylic acids is 1. The standard InChI is InChI=1S/C15H15FN2O3S/c1-18(11-15(19)17-13-5-3-2-4-6-13)22(20,21)14-9-7-12(16)8-10-14/h2-10H,11H2,1H3,(H,17,19). The molecule has 2 aromatic rings. The summed E-state index contributed by atoms with van der Waals surface area (Å²) >= 11 is 0. The third kappa shape index (κ3) is 3.90. The summed E-state index contributed by atoms with van der Waals surface area (Å²) in [6.07, 6.45) is 0. The molecule has 1 amide bonds. The van der Waals surface area contributed by atoms with Crippen LogP contribution in [0.25, 0.3) is 0 Å². The number of nitrogens with zero attached hydrogens (tertiary/aromatic N) is 1. The molecule has 0 unspecified atom stereocenters. The highest BCUT2D eigenvalue weighted by Crippen LogP contribution is 2.15. The Morgan fingerprint density at radius 3 is 2.27 bits per heavy atom. The highest BCUT2D eigenvalue weighted by Gasteiger charge is 2.22. The maximum absolute atomic E-state index is 12.9. The van der Waals surface area contributed by atoms with Crippen molar-refractivity contribution in [3.63, 3.8) is 0 Å². The van der Waals surface area contributed by atoms with Gasteiger partial charge in [-0.3, -0.25) is 4.79 Å². The Morgan fingerprint density at radius 2 is 1.68 bits per heavy atom. The number of amides is 1. The maximum Gasteiger partial charge on any atom is 0.243 e. The van der Waals surface area contributed by atoms with Crippen molar-refractivity contribution in [3.8, 4) is 0 Å². The number of anilines is 1. The van der Waals surface area contributed by atoms with E-state index >= 15 is 0 Å². The lowest BCUT2D eigenvalue weighted by atomic mass is 10.3. The number of hydrogen-bond donors (Lipinski definition) is 1. The Morgan fingerprint density at radius 1 is 1.09 bits per heavy atom. The van der Waals surface area contributed by atoms with Gasteiger partial charge >= 0.3 is 0 Å². The number of sulfonamides is 1. The molecule has 1 N–H and O–H groups in total. The zero-order valence-corrected chi connectivity index (χ0v) is 12.7. The second-order valence-electron chi connectivity index (χ2n) is 4.63. The van der Waals surface area contributed by atoms with E-state index in [0.717, 1.165) is 28.6 Å². The number of para-hydroxylation sites is 1. The molecule has 2 aromatic carbocycles. The number of rotatable bonds is 5. The number of nitrogens with one attached hydrogen (secondary N) is 1. The third-order valence-corrected chi connectivity index (χ3v) is 4.76. The first-order valence-electron chi connectivity index (χ1n) is 6.46.